The molecule has 0 aromatic heterocycles. The standard InChI is InChI=1S/C38H30NO3P/c40-37-35-26-23-30(42-29-13-5-1-6-14-29)27-36(35)38(41)39(37)28-21-24-34(25-22-28)43(31-15-7-2-8-16-31,32-17-9-3-10-18-32)33-19-11-4-12-20-33/h1-3,5-11,13-27,43H,4,12H2. The predicted octanol–water partition coefficient (Wildman–Crippen LogP) is 7.54. The summed E-state index contributed by atoms with van der Waals surface area (Å²) >= 11 is 0. The number of hydrogen-bond acceptors (Lipinski definition) is 3. The second kappa shape index (κ2) is 11.3. The van der Waals surface area contributed by atoms with Crippen LogP contribution in [-0.4, -0.2) is 11.8 Å². The maximum atomic E-state index is 13.6. The van der Waals surface area contributed by atoms with Crippen LogP contribution in [0.15, 0.2) is 157 Å². The van der Waals surface area contributed by atoms with E-state index >= 15 is 0 Å². The van der Waals surface area contributed by atoms with Crippen molar-refractivity contribution >= 4 is 40.7 Å². The summed E-state index contributed by atoms with van der Waals surface area (Å²) in [6, 6.07) is 44.0. The Balaban J connectivity index is 1.28. The molecule has 1 aliphatic heterocycles. The zero-order valence-electron chi connectivity index (χ0n) is 23.5. The van der Waals surface area contributed by atoms with Crippen LogP contribution in [0, 0.1) is 0 Å². The third kappa shape index (κ3) is 4.70. The number of fused-ring (bicyclic) bond motifs is 1. The molecule has 0 bridgehead atoms. The number of rotatable bonds is 7. The van der Waals surface area contributed by atoms with Crippen molar-refractivity contribution in [3.8, 4) is 11.5 Å². The van der Waals surface area contributed by atoms with Gasteiger partial charge in [-0.3, -0.25) is 0 Å². The molecule has 0 saturated heterocycles. The van der Waals surface area contributed by atoms with Gasteiger partial charge in [0.05, 0.1) is 0 Å². The Morgan fingerprint density at radius 3 is 1.74 bits per heavy atom. The Morgan fingerprint density at radius 1 is 0.558 bits per heavy atom. The molecular formula is C38H30NO3P. The van der Waals surface area contributed by atoms with Crippen LogP contribution >= 0.6 is 7.26 Å². The van der Waals surface area contributed by atoms with Crippen LogP contribution in [-0.2, 0) is 0 Å². The number of amides is 2. The van der Waals surface area contributed by atoms with Gasteiger partial charge < -0.3 is 0 Å². The average Bonchev–Trinajstić information content (AvgIpc) is 3.32. The molecule has 0 saturated carbocycles. The summed E-state index contributed by atoms with van der Waals surface area (Å²) in [5.74, 6) is 0.503. The number of imide groups is 1. The zero-order valence-corrected chi connectivity index (χ0v) is 24.5. The molecule has 0 radical (unpaired) electrons. The first-order chi connectivity index (χ1) is 21.2. The van der Waals surface area contributed by atoms with E-state index in [2.05, 4.69) is 91.0 Å². The Hall–Kier alpha value is -5.05. The van der Waals surface area contributed by atoms with Crippen LogP contribution in [0.4, 0.5) is 5.69 Å². The van der Waals surface area contributed by atoms with Crippen LogP contribution in [0.3, 0.4) is 0 Å². The number of ether oxygens (including phenoxy) is 1. The first kappa shape index (κ1) is 26.8. The molecule has 2 amide bonds. The molecule has 4 nitrogen and oxygen atoms in total. The van der Waals surface area contributed by atoms with E-state index in [9.17, 15) is 9.59 Å². The molecule has 1 aliphatic carbocycles. The molecule has 43 heavy (non-hydrogen) atoms. The van der Waals surface area contributed by atoms with Gasteiger partial charge in [0, 0.05) is 0 Å². The molecule has 0 fully saturated rings. The van der Waals surface area contributed by atoms with Crippen molar-refractivity contribution in [1.29, 1.82) is 0 Å². The van der Waals surface area contributed by atoms with Gasteiger partial charge in [0.25, 0.3) is 0 Å². The number of carbonyl (C=O) groups excluding carboxylic acids is 2. The van der Waals surface area contributed by atoms with Crippen molar-refractivity contribution in [1.82, 2.24) is 0 Å². The summed E-state index contributed by atoms with van der Waals surface area (Å²) in [5, 5.41) is 5.12. The number of hydrogen-bond donors (Lipinski definition) is 0. The summed E-state index contributed by atoms with van der Waals surface area (Å²) in [6.45, 7) is 0. The predicted molar refractivity (Wildman–Crippen MR) is 177 cm³/mol. The average molecular weight is 580 g/mol. The van der Waals surface area contributed by atoms with Gasteiger partial charge in [-0.05, 0) is 0 Å². The number of anilines is 1. The third-order valence-electron chi connectivity index (χ3n) is 8.24. The fourth-order valence-corrected chi connectivity index (χ4v) is 11.1. The molecule has 0 spiro atoms. The first-order valence-electron chi connectivity index (χ1n) is 14.5. The summed E-state index contributed by atoms with van der Waals surface area (Å²) in [5.41, 5.74) is 1.28. The van der Waals surface area contributed by atoms with E-state index in [0.717, 1.165) is 12.8 Å². The topological polar surface area (TPSA) is 46.6 Å². The SMILES string of the molecule is O=C1c2ccc(Oc3ccccc3)cc2C(=O)N1c1ccc([PH](C2=CCCC=C2)(c2ccccc2)c2ccccc2)cc1. The van der Waals surface area contributed by atoms with Crippen molar-refractivity contribution in [2.75, 3.05) is 4.90 Å². The Labute approximate surface area is 251 Å². The van der Waals surface area contributed by atoms with Crippen molar-refractivity contribution in [3.05, 3.63) is 168 Å². The molecule has 5 heteroatoms. The van der Waals surface area contributed by atoms with Gasteiger partial charge in [0.2, 0.25) is 0 Å². The molecule has 1 heterocycles. The van der Waals surface area contributed by atoms with Crippen molar-refractivity contribution in [2.24, 2.45) is 0 Å². The van der Waals surface area contributed by atoms with Gasteiger partial charge in [-0.1, -0.05) is 18.2 Å². The van der Waals surface area contributed by atoms with E-state index in [1.807, 2.05) is 42.5 Å². The minimum atomic E-state index is -2.66. The third-order valence-corrected chi connectivity index (χ3v) is 13.1. The van der Waals surface area contributed by atoms with Crippen LogP contribution in [0.2, 0.25) is 0 Å². The Bertz CT molecular complexity index is 1820. The van der Waals surface area contributed by atoms with Crippen molar-refractivity contribution in [3.63, 3.8) is 0 Å². The van der Waals surface area contributed by atoms with Crippen LogP contribution < -0.4 is 25.6 Å². The van der Waals surface area contributed by atoms with E-state index in [1.165, 1.54) is 26.1 Å². The molecule has 5 aromatic rings. The first-order valence-corrected chi connectivity index (χ1v) is 16.5. The molecule has 210 valence electrons. The second-order valence-electron chi connectivity index (χ2n) is 10.7. The number of para-hydroxylation sites is 1. The summed E-state index contributed by atoms with van der Waals surface area (Å²) in [6.07, 6.45) is 8.99. The molecule has 0 N–H and O–H groups in total. The van der Waals surface area contributed by atoms with Gasteiger partial charge >= 0.3 is 234 Å². The molecule has 0 atom stereocenters. The normalized spacial score (nSPS) is 14.8. The molecule has 7 rings (SSSR count). The molecule has 2 aliphatic rings. The number of carbonyl (C=O) groups is 2. The maximum absolute atomic E-state index is 13.6. The van der Waals surface area contributed by atoms with Gasteiger partial charge in [-0.15, -0.1) is 0 Å². The fourth-order valence-electron chi connectivity index (χ4n) is 6.27. The minimum absolute atomic E-state index is 0.327. The molecular weight excluding hydrogens is 549 g/mol. The number of allylic oxidation sites excluding steroid dienone is 4. The van der Waals surface area contributed by atoms with E-state index in [0.29, 0.717) is 28.3 Å². The summed E-state index contributed by atoms with van der Waals surface area (Å²) < 4.78 is 5.93. The molecule has 5 aromatic carbocycles. The fraction of sp³-hybridized carbons (Fsp3) is 0.0526. The van der Waals surface area contributed by atoms with Gasteiger partial charge in [-0.25, -0.2) is 0 Å². The second-order valence-corrected chi connectivity index (χ2v) is 14.5. The van der Waals surface area contributed by atoms with Crippen LogP contribution in [0.25, 0.3) is 0 Å². The van der Waals surface area contributed by atoms with Crippen LogP contribution in [0.1, 0.15) is 33.6 Å². The van der Waals surface area contributed by atoms with Gasteiger partial charge in [0.15, 0.2) is 0 Å². The van der Waals surface area contributed by atoms with E-state index in [4.69, 9.17) is 4.74 Å². The zero-order chi connectivity index (χ0) is 29.2. The van der Waals surface area contributed by atoms with Crippen molar-refractivity contribution in [2.45, 2.75) is 12.8 Å². The van der Waals surface area contributed by atoms with Gasteiger partial charge in [-0.2, -0.15) is 0 Å². The van der Waals surface area contributed by atoms with Crippen LogP contribution in [0.5, 0.6) is 11.5 Å². The molecule has 0 unspecified atom stereocenters. The van der Waals surface area contributed by atoms with Crippen molar-refractivity contribution < 1.29 is 14.3 Å². The van der Waals surface area contributed by atoms with Gasteiger partial charge in [0.1, 0.15) is 0 Å². The summed E-state index contributed by atoms with van der Waals surface area (Å²) in [7, 11) is -2.66. The quantitative estimate of drug-likeness (QED) is 0.148. The Morgan fingerprint density at radius 2 is 1.14 bits per heavy atom. The monoisotopic (exact) mass is 579 g/mol. The number of benzene rings is 5. The van der Waals surface area contributed by atoms with E-state index in [1.54, 1.807) is 18.2 Å². The Kier molecular flexibility index (Phi) is 7.06. The van der Waals surface area contributed by atoms with E-state index < -0.39 is 7.26 Å². The number of nitrogens with zero attached hydrogens (tertiary/aromatic N) is 1. The van der Waals surface area contributed by atoms with E-state index in [-0.39, 0.29) is 11.8 Å². The summed E-state index contributed by atoms with van der Waals surface area (Å²) in [4.78, 5) is 28.4.